The van der Waals surface area contributed by atoms with Gasteiger partial charge in [0.2, 0.25) is 0 Å². The van der Waals surface area contributed by atoms with Gasteiger partial charge in [-0.15, -0.1) is 11.3 Å². The summed E-state index contributed by atoms with van der Waals surface area (Å²) in [5, 5.41) is 4.82. The molecule has 1 heterocycles. The quantitative estimate of drug-likeness (QED) is 0.479. The van der Waals surface area contributed by atoms with E-state index in [1.807, 2.05) is 30.3 Å². The highest BCUT2D eigenvalue weighted by molar-refractivity contribution is 7.18. The van der Waals surface area contributed by atoms with E-state index in [9.17, 15) is 9.18 Å². The van der Waals surface area contributed by atoms with Crippen LogP contribution >= 0.6 is 11.3 Å². The molecule has 0 unspecified atom stereocenters. The van der Waals surface area contributed by atoms with Crippen molar-refractivity contribution in [3.63, 3.8) is 0 Å². The second kappa shape index (κ2) is 7.44. The van der Waals surface area contributed by atoms with E-state index in [0.717, 1.165) is 34.5 Å². The average molecular weight is 406 g/mol. The summed E-state index contributed by atoms with van der Waals surface area (Å²) in [4.78, 5) is 17.4. The van der Waals surface area contributed by atoms with Crippen LogP contribution in [-0.4, -0.2) is 16.9 Å². The zero-order valence-electron chi connectivity index (χ0n) is 15.7. The molecular weight excluding hydrogens is 387 g/mol. The second-order valence-electron chi connectivity index (χ2n) is 7.25. The maximum atomic E-state index is 14.7. The minimum absolute atomic E-state index is 0.161. The number of fused-ring (bicyclic) bond motifs is 2. The molecule has 6 heteroatoms. The van der Waals surface area contributed by atoms with E-state index in [1.54, 1.807) is 29.5 Å². The Balaban J connectivity index is 1.51. The minimum atomic E-state index is -0.424. The Kier molecular flexibility index (Phi) is 4.64. The van der Waals surface area contributed by atoms with Gasteiger partial charge in [0.05, 0.1) is 15.8 Å². The Bertz CT molecular complexity index is 1180. The molecule has 0 saturated heterocycles. The van der Waals surface area contributed by atoms with Gasteiger partial charge in [-0.25, -0.2) is 9.37 Å². The highest BCUT2D eigenvalue weighted by atomic mass is 32.1. The van der Waals surface area contributed by atoms with Crippen LogP contribution in [0.4, 0.5) is 4.39 Å². The Morgan fingerprint density at radius 2 is 1.90 bits per heavy atom. The number of benzene rings is 3. The molecule has 5 rings (SSSR count). The maximum absolute atomic E-state index is 14.7. The lowest BCUT2D eigenvalue weighted by Gasteiger charge is -2.27. The molecule has 29 heavy (non-hydrogen) atoms. The lowest BCUT2D eigenvalue weighted by molar-refractivity contribution is 0.0912. The van der Waals surface area contributed by atoms with Gasteiger partial charge in [0.25, 0.3) is 5.91 Å². The van der Waals surface area contributed by atoms with Crippen LogP contribution in [-0.2, 0) is 6.61 Å². The van der Waals surface area contributed by atoms with Crippen molar-refractivity contribution in [3.05, 3.63) is 71.0 Å². The summed E-state index contributed by atoms with van der Waals surface area (Å²) in [6, 6.07) is 16.4. The number of ether oxygens (including phenoxy) is 1. The van der Waals surface area contributed by atoms with Crippen molar-refractivity contribution in [1.29, 1.82) is 0 Å². The van der Waals surface area contributed by atoms with Crippen molar-refractivity contribution in [2.45, 2.75) is 31.9 Å². The van der Waals surface area contributed by atoms with Crippen molar-refractivity contribution in [2.24, 2.45) is 0 Å². The number of hydrogen-bond acceptors (Lipinski definition) is 4. The molecule has 0 atom stereocenters. The lowest BCUT2D eigenvalue weighted by Crippen LogP contribution is -2.39. The van der Waals surface area contributed by atoms with Crippen molar-refractivity contribution >= 4 is 38.2 Å². The van der Waals surface area contributed by atoms with E-state index in [-0.39, 0.29) is 24.1 Å². The van der Waals surface area contributed by atoms with Crippen LogP contribution in [0.2, 0.25) is 0 Å². The molecule has 1 aromatic heterocycles. The van der Waals surface area contributed by atoms with Gasteiger partial charge < -0.3 is 10.1 Å². The van der Waals surface area contributed by atoms with Gasteiger partial charge in [0, 0.05) is 16.8 Å². The number of nitrogens with zero attached hydrogens (tertiary/aromatic N) is 1. The first-order valence-electron chi connectivity index (χ1n) is 9.68. The summed E-state index contributed by atoms with van der Waals surface area (Å²) in [5.41, 5.74) is 1.15. The molecule has 146 valence electrons. The number of halogens is 1. The van der Waals surface area contributed by atoms with Gasteiger partial charge in [0.1, 0.15) is 23.2 Å². The highest BCUT2D eigenvalue weighted by Gasteiger charge is 2.24. The number of thiazole rings is 1. The zero-order valence-corrected chi connectivity index (χ0v) is 16.5. The molecule has 1 aliphatic rings. The Labute approximate surface area is 171 Å². The fourth-order valence-corrected chi connectivity index (χ4v) is 4.44. The molecule has 1 fully saturated rings. The summed E-state index contributed by atoms with van der Waals surface area (Å²) in [6.07, 6.45) is 3.03. The van der Waals surface area contributed by atoms with Crippen molar-refractivity contribution in [2.75, 3.05) is 0 Å². The summed E-state index contributed by atoms with van der Waals surface area (Å²) in [6.45, 7) is 0.221. The van der Waals surface area contributed by atoms with Gasteiger partial charge in [-0.3, -0.25) is 4.79 Å². The topological polar surface area (TPSA) is 51.2 Å². The fraction of sp³-hybridized carbons (Fsp3) is 0.217. The SMILES string of the molecule is O=C(NC1CCC1)c1cc(F)c2ccccc2c1OCc1nc2ccccc2s1. The molecule has 1 N–H and O–H groups in total. The van der Waals surface area contributed by atoms with E-state index in [0.29, 0.717) is 16.5 Å². The number of carbonyl (C=O) groups is 1. The number of hydrogen-bond donors (Lipinski definition) is 1. The van der Waals surface area contributed by atoms with Crippen LogP contribution in [0.15, 0.2) is 54.6 Å². The highest BCUT2D eigenvalue weighted by Crippen LogP contribution is 2.34. The van der Waals surface area contributed by atoms with Crippen molar-refractivity contribution < 1.29 is 13.9 Å². The van der Waals surface area contributed by atoms with Gasteiger partial charge in [-0.05, 0) is 37.5 Å². The Morgan fingerprint density at radius 3 is 2.66 bits per heavy atom. The van der Waals surface area contributed by atoms with Crippen LogP contribution in [0.3, 0.4) is 0 Å². The smallest absolute Gasteiger partial charge is 0.255 e. The van der Waals surface area contributed by atoms with E-state index >= 15 is 0 Å². The average Bonchev–Trinajstić information content (AvgIpc) is 3.13. The molecule has 1 saturated carbocycles. The molecule has 3 aromatic carbocycles. The van der Waals surface area contributed by atoms with Crippen LogP contribution in [0.5, 0.6) is 5.75 Å². The molecule has 1 aliphatic carbocycles. The molecule has 4 nitrogen and oxygen atoms in total. The molecule has 1 amide bonds. The normalized spacial score (nSPS) is 14.1. The molecule has 0 aliphatic heterocycles. The molecule has 0 spiro atoms. The largest absolute Gasteiger partial charge is 0.485 e. The van der Waals surface area contributed by atoms with Crippen LogP contribution in [0.1, 0.15) is 34.6 Å². The minimum Gasteiger partial charge on any atom is -0.485 e. The van der Waals surface area contributed by atoms with Crippen LogP contribution < -0.4 is 10.1 Å². The predicted octanol–water partition coefficient (Wildman–Crippen LogP) is 5.45. The number of rotatable bonds is 5. The zero-order chi connectivity index (χ0) is 19.8. The fourth-order valence-electron chi connectivity index (χ4n) is 3.56. The third kappa shape index (κ3) is 3.44. The van der Waals surface area contributed by atoms with E-state index in [4.69, 9.17) is 4.74 Å². The predicted molar refractivity (Wildman–Crippen MR) is 113 cm³/mol. The number of nitrogens with one attached hydrogen (secondary N) is 1. The molecule has 4 aromatic rings. The monoisotopic (exact) mass is 406 g/mol. The second-order valence-corrected chi connectivity index (χ2v) is 8.36. The standard InChI is InChI=1S/C23H19FN2O2S/c24-18-12-17(23(27)25-14-6-5-7-14)22(16-9-2-1-8-15(16)18)28-13-21-26-19-10-3-4-11-20(19)29-21/h1-4,8-12,14H,5-7,13H2,(H,25,27). The molecule has 0 radical (unpaired) electrons. The molecular formula is C23H19FN2O2S. The van der Waals surface area contributed by atoms with Gasteiger partial charge in [0.15, 0.2) is 0 Å². The number of carbonyl (C=O) groups excluding carboxylic acids is 1. The first-order chi connectivity index (χ1) is 14.2. The van der Waals surface area contributed by atoms with Crippen LogP contribution in [0, 0.1) is 5.82 Å². The first-order valence-corrected chi connectivity index (χ1v) is 10.5. The van der Waals surface area contributed by atoms with Gasteiger partial charge in [-0.2, -0.15) is 0 Å². The maximum Gasteiger partial charge on any atom is 0.255 e. The third-order valence-corrected chi connectivity index (χ3v) is 6.32. The van der Waals surface area contributed by atoms with Crippen molar-refractivity contribution in [1.82, 2.24) is 10.3 Å². The summed E-state index contributed by atoms with van der Waals surface area (Å²) in [5.74, 6) is -0.316. The van der Waals surface area contributed by atoms with Crippen LogP contribution in [0.25, 0.3) is 21.0 Å². The van der Waals surface area contributed by atoms with Gasteiger partial charge >= 0.3 is 0 Å². The number of aromatic nitrogens is 1. The van der Waals surface area contributed by atoms with E-state index in [2.05, 4.69) is 10.3 Å². The lowest BCUT2D eigenvalue weighted by atomic mass is 9.92. The van der Waals surface area contributed by atoms with E-state index in [1.165, 1.54) is 6.07 Å². The summed E-state index contributed by atoms with van der Waals surface area (Å²) < 4.78 is 21.9. The summed E-state index contributed by atoms with van der Waals surface area (Å²) >= 11 is 1.55. The Hall–Kier alpha value is -2.99. The Morgan fingerprint density at radius 1 is 1.14 bits per heavy atom. The first kappa shape index (κ1) is 18.1. The molecule has 0 bridgehead atoms. The summed E-state index contributed by atoms with van der Waals surface area (Å²) in [7, 11) is 0. The third-order valence-electron chi connectivity index (χ3n) is 5.31. The number of amides is 1. The number of para-hydroxylation sites is 1. The van der Waals surface area contributed by atoms with E-state index < -0.39 is 5.82 Å². The van der Waals surface area contributed by atoms with Crippen molar-refractivity contribution in [3.8, 4) is 5.75 Å². The van der Waals surface area contributed by atoms with Gasteiger partial charge in [-0.1, -0.05) is 36.4 Å².